The minimum atomic E-state index is 0.0431. The van der Waals surface area contributed by atoms with Gasteiger partial charge in [0, 0.05) is 45.6 Å². The quantitative estimate of drug-likeness (QED) is 0.752. The van der Waals surface area contributed by atoms with Crippen LogP contribution in [-0.2, 0) is 19.1 Å². The zero-order valence-corrected chi connectivity index (χ0v) is 13.3. The molecule has 0 saturated carbocycles. The van der Waals surface area contributed by atoms with Crippen LogP contribution in [0.4, 0.5) is 0 Å². The maximum atomic E-state index is 12.4. The Morgan fingerprint density at radius 1 is 1.09 bits per heavy atom. The lowest BCUT2D eigenvalue weighted by Crippen LogP contribution is -2.39. The number of methoxy groups -OCH3 is 1. The highest BCUT2D eigenvalue weighted by Gasteiger charge is 2.43. The molecule has 0 radical (unpaired) electrons. The Kier molecular flexibility index (Phi) is 4.98. The summed E-state index contributed by atoms with van der Waals surface area (Å²) >= 11 is 0. The first-order chi connectivity index (χ1) is 10.7. The van der Waals surface area contributed by atoms with Gasteiger partial charge in [0.15, 0.2) is 0 Å². The number of hydrogen-bond donors (Lipinski definition) is 0. The van der Waals surface area contributed by atoms with Crippen molar-refractivity contribution in [1.82, 2.24) is 9.80 Å². The molecule has 3 heterocycles. The minimum absolute atomic E-state index is 0.0431. The van der Waals surface area contributed by atoms with Gasteiger partial charge in [-0.15, -0.1) is 0 Å². The summed E-state index contributed by atoms with van der Waals surface area (Å²) < 4.78 is 10.7. The topological polar surface area (TPSA) is 59.1 Å². The van der Waals surface area contributed by atoms with Crippen LogP contribution in [0.5, 0.6) is 0 Å². The molecule has 0 spiro atoms. The fraction of sp³-hybridized carbons (Fsp3) is 0.875. The van der Waals surface area contributed by atoms with Crippen molar-refractivity contribution >= 4 is 11.8 Å². The van der Waals surface area contributed by atoms with Gasteiger partial charge in [-0.25, -0.2) is 0 Å². The lowest BCUT2D eigenvalue weighted by molar-refractivity contribution is -0.134. The maximum absolute atomic E-state index is 12.4. The fourth-order valence-corrected chi connectivity index (χ4v) is 4.05. The molecule has 124 valence electrons. The van der Waals surface area contributed by atoms with E-state index in [9.17, 15) is 9.59 Å². The van der Waals surface area contributed by atoms with Gasteiger partial charge in [-0.3, -0.25) is 9.59 Å². The number of ether oxygens (including phenoxy) is 2. The van der Waals surface area contributed by atoms with Gasteiger partial charge in [-0.2, -0.15) is 0 Å². The van der Waals surface area contributed by atoms with E-state index in [4.69, 9.17) is 9.47 Å². The van der Waals surface area contributed by atoms with Crippen LogP contribution in [0.3, 0.4) is 0 Å². The highest BCUT2D eigenvalue weighted by atomic mass is 16.5. The lowest BCUT2D eigenvalue weighted by Gasteiger charge is -2.33. The SMILES string of the molecule is COCC(=O)N1C[C@H]2COC[C@@H](CC(=O)N3CCCC3)[C@H]2C1. The average Bonchev–Trinajstić information content (AvgIpc) is 3.17. The molecule has 6 nitrogen and oxygen atoms in total. The monoisotopic (exact) mass is 310 g/mol. The third-order valence-electron chi connectivity index (χ3n) is 5.28. The summed E-state index contributed by atoms with van der Waals surface area (Å²) in [5.41, 5.74) is 0. The third-order valence-corrected chi connectivity index (χ3v) is 5.28. The molecule has 3 aliphatic rings. The fourth-order valence-electron chi connectivity index (χ4n) is 4.05. The zero-order chi connectivity index (χ0) is 15.5. The van der Waals surface area contributed by atoms with Gasteiger partial charge in [-0.05, 0) is 24.7 Å². The summed E-state index contributed by atoms with van der Waals surface area (Å²) in [6.45, 7) is 4.77. The Morgan fingerprint density at radius 2 is 1.86 bits per heavy atom. The maximum Gasteiger partial charge on any atom is 0.248 e. The molecule has 3 saturated heterocycles. The Balaban J connectivity index is 1.58. The molecule has 0 bridgehead atoms. The molecule has 2 amide bonds. The molecule has 22 heavy (non-hydrogen) atoms. The molecule has 0 aromatic carbocycles. The van der Waals surface area contributed by atoms with Crippen molar-refractivity contribution < 1.29 is 19.1 Å². The molecule has 3 rings (SSSR count). The van der Waals surface area contributed by atoms with E-state index in [1.807, 2.05) is 9.80 Å². The van der Waals surface area contributed by atoms with Crippen LogP contribution < -0.4 is 0 Å². The highest BCUT2D eigenvalue weighted by Crippen LogP contribution is 2.36. The number of carbonyl (C=O) groups is 2. The minimum Gasteiger partial charge on any atom is -0.381 e. The van der Waals surface area contributed by atoms with Crippen molar-refractivity contribution in [2.24, 2.45) is 17.8 Å². The highest BCUT2D eigenvalue weighted by molar-refractivity contribution is 5.78. The van der Waals surface area contributed by atoms with Gasteiger partial charge in [0.25, 0.3) is 0 Å². The number of nitrogens with zero attached hydrogens (tertiary/aromatic N) is 2. The van der Waals surface area contributed by atoms with Gasteiger partial charge in [0.05, 0.1) is 13.2 Å². The van der Waals surface area contributed by atoms with Gasteiger partial charge in [-0.1, -0.05) is 0 Å². The van der Waals surface area contributed by atoms with Crippen LogP contribution in [0.1, 0.15) is 19.3 Å². The van der Waals surface area contributed by atoms with Crippen LogP contribution in [-0.4, -0.2) is 74.7 Å². The molecule has 3 atom stereocenters. The average molecular weight is 310 g/mol. The summed E-state index contributed by atoms with van der Waals surface area (Å²) in [6, 6.07) is 0. The number of hydrogen-bond acceptors (Lipinski definition) is 4. The van der Waals surface area contributed by atoms with Crippen LogP contribution in [0.15, 0.2) is 0 Å². The van der Waals surface area contributed by atoms with Crippen LogP contribution >= 0.6 is 0 Å². The van der Waals surface area contributed by atoms with Crippen LogP contribution in [0.2, 0.25) is 0 Å². The summed E-state index contributed by atoms with van der Waals surface area (Å²) in [5, 5.41) is 0. The molecular weight excluding hydrogens is 284 g/mol. The zero-order valence-electron chi connectivity index (χ0n) is 13.3. The normalized spacial score (nSPS) is 31.4. The first-order valence-corrected chi connectivity index (χ1v) is 8.31. The predicted octanol–water partition coefficient (Wildman–Crippen LogP) is 0.366. The summed E-state index contributed by atoms with van der Waals surface area (Å²) in [5.74, 6) is 1.30. The van der Waals surface area contributed by atoms with E-state index in [0.717, 1.165) is 39.0 Å². The molecule has 3 aliphatic heterocycles. The van der Waals surface area contributed by atoms with E-state index in [0.29, 0.717) is 31.5 Å². The molecule has 0 aliphatic carbocycles. The first-order valence-electron chi connectivity index (χ1n) is 8.31. The van der Waals surface area contributed by atoms with E-state index in [1.54, 1.807) is 7.11 Å². The van der Waals surface area contributed by atoms with Gasteiger partial charge in [0.2, 0.25) is 11.8 Å². The number of carbonyl (C=O) groups excluding carboxylic acids is 2. The second kappa shape index (κ2) is 6.96. The van der Waals surface area contributed by atoms with Crippen molar-refractivity contribution in [2.75, 3.05) is 53.1 Å². The second-order valence-corrected chi connectivity index (χ2v) is 6.75. The van der Waals surface area contributed by atoms with Crippen LogP contribution in [0, 0.1) is 17.8 Å². The molecule has 0 unspecified atom stereocenters. The predicted molar refractivity (Wildman–Crippen MR) is 80.2 cm³/mol. The summed E-state index contributed by atoms with van der Waals surface area (Å²) in [6.07, 6.45) is 2.81. The van der Waals surface area contributed by atoms with Gasteiger partial charge in [0.1, 0.15) is 6.61 Å². The molecule has 0 aromatic heterocycles. The van der Waals surface area contributed by atoms with Crippen molar-refractivity contribution in [2.45, 2.75) is 19.3 Å². The Morgan fingerprint density at radius 3 is 2.59 bits per heavy atom. The number of fused-ring (bicyclic) bond motifs is 1. The smallest absolute Gasteiger partial charge is 0.248 e. The van der Waals surface area contributed by atoms with E-state index < -0.39 is 0 Å². The van der Waals surface area contributed by atoms with Crippen molar-refractivity contribution in [1.29, 1.82) is 0 Å². The van der Waals surface area contributed by atoms with E-state index >= 15 is 0 Å². The Labute approximate surface area is 131 Å². The Hall–Kier alpha value is -1.14. The standard InChI is InChI=1S/C16H26N2O4/c1-21-11-16(20)18-7-13-10-22-9-12(14(13)8-18)6-15(19)17-4-2-3-5-17/h12-14H,2-11H2,1H3/t12-,13+,14-/m1/s1. The molecule has 3 fully saturated rings. The number of amides is 2. The number of likely N-dealkylation sites (tertiary alicyclic amines) is 2. The van der Waals surface area contributed by atoms with Gasteiger partial charge < -0.3 is 19.3 Å². The van der Waals surface area contributed by atoms with E-state index in [2.05, 4.69) is 0 Å². The lowest BCUT2D eigenvalue weighted by atomic mass is 9.81. The van der Waals surface area contributed by atoms with E-state index in [-0.39, 0.29) is 24.3 Å². The summed E-state index contributed by atoms with van der Waals surface area (Å²) in [7, 11) is 1.54. The second-order valence-electron chi connectivity index (χ2n) is 6.75. The third kappa shape index (κ3) is 3.27. The largest absolute Gasteiger partial charge is 0.381 e. The Bertz CT molecular complexity index is 422. The van der Waals surface area contributed by atoms with Crippen molar-refractivity contribution in [3.05, 3.63) is 0 Å². The summed E-state index contributed by atoms with van der Waals surface area (Å²) in [4.78, 5) is 28.3. The number of rotatable bonds is 4. The van der Waals surface area contributed by atoms with E-state index in [1.165, 1.54) is 0 Å². The first kappa shape index (κ1) is 15.7. The molecule has 6 heteroatoms. The molecule has 0 N–H and O–H groups in total. The van der Waals surface area contributed by atoms with Gasteiger partial charge >= 0.3 is 0 Å². The molecular formula is C16H26N2O4. The molecule has 0 aromatic rings. The van der Waals surface area contributed by atoms with Crippen molar-refractivity contribution in [3.8, 4) is 0 Å². The van der Waals surface area contributed by atoms with Crippen molar-refractivity contribution in [3.63, 3.8) is 0 Å². The van der Waals surface area contributed by atoms with Crippen LogP contribution in [0.25, 0.3) is 0 Å².